The van der Waals surface area contributed by atoms with Gasteiger partial charge in [0, 0.05) is 0 Å². The van der Waals surface area contributed by atoms with Crippen LogP contribution in [0.3, 0.4) is 0 Å². The summed E-state index contributed by atoms with van der Waals surface area (Å²) in [5.74, 6) is 1.13. The average Bonchev–Trinajstić information content (AvgIpc) is 2.63. The zero-order valence-corrected chi connectivity index (χ0v) is 10.2. The highest BCUT2D eigenvalue weighted by Crippen LogP contribution is 2.24. The van der Waals surface area contributed by atoms with Crippen LogP contribution in [0.2, 0.25) is 0 Å². The summed E-state index contributed by atoms with van der Waals surface area (Å²) in [4.78, 5) is 10.9. The maximum atomic E-state index is 10.9. The molecule has 1 aliphatic rings. The minimum absolute atomic E-state index is 0.153. The molecule has 1 atom stereocenters. The third-order valence-corrected chi connectivity index (χ3v) is 3.36. The predicted octanol–water partition coefficient (Wildman–Crippen LogP) is 2.30. The molecule has 0 aliphatic carbocycles. The molecule has 2 rings (SSSR count). The Bertz CT molecular complexity index is 403. The van der Waals surface area contributed by atoms with Gasteiger partial charge in [-0.2, -0.15) is 0 Å². The molecule has 1 aromatic rings. The molecule has 0 N–H and O–H groups in total. The van der Waals surface area contributed by atoms with E-state index >= 15 is 0 Å². The highest BCUT2D eigenvalue weighted by atomic mass is 32.2. The van der Waals surface area contributed by atoms with E-state index in [0.717, 1.165) is 11.3 Å². The average molecular weight is 238 g/mol. The van der Waals surface area contributed by atoms with Gasteiger partial charge in [0.05, 0.1) is 5.75 Å². The molecular formula is C12H14O3S. The Balaban J connectivity index is 1.92. The Morgan fingerprint density at radius 3 is 2.94 bits per heavy atom. The quantitative estimate of drug-likeness (QED) is 0.757. The molecule has 0 amide bonds. The first-order valence-electron chi connectivity index (χ1n) is 5.16. The summed E-state index contributed by atoms with van der Waals surface area (Å²) >= 11 is 1.48. The zero-order valence-electron chi connectivity index (χ0n) is 9.36. The van der Waals surface area contributed by atoms with Crippen LogP contribution >= 0.6 is 11.8 Å². The van der Waals surface area contributed by atoms with Gasteiger partial charge in [0.2, 0.25) is 0 Å². The van der Waals surface area contributed by atoms with Crippen molar-refractivity contribution in [2.24, 2.45) is 0 Å². The molecule has 1 saturated heterocycles. The van der Waals surface area contributed by atoms with Crippen molar-refractivity contribution in [3.05, 3.63) is 29.3 Å². The van der Waals surface area contributed by atoms with Gasteiger partial charge in [-0.1, -0.05) is 17.7 Å². The lowest BCUT2D eigenvalue weighted by molar-refractivity contribution is -0.140. The van der Waals surface area contributed by atoms with Gasteiger partial charge in [-0.25, -0.2) is 0 Å². The summed E-state index contributed by atoms with van der Waals surface area (Å²) in [6, 6.07) is 6.03. The van der Waals surface area contributed by atoms with E-state index in [-0.39, 0.29) is 11.4 Å². The fraction of sp³-hybridized carbons (Fsp3) is 0.417. The fourth-order valence-corrected chi connectivity index (χ4v) is 2.31. The molecule has 3 nitrogen and oxygen atoms in total. The maximum Gasteiger partial charge on any atom is 0.317 e. The molecule has 16 heavy (non-hydrogen) atoms. The first-order chi connectivity index (χ1) is 7.65. The minimum atomic E-state index is -0.159. The number of carbonyl (C=O) groups is 1. The van der Waals surface area contributed by atoms with Crippen LogP contribution in [0, 0.1) is 13.8 Å². The van der Waals surface area contributed by atoms with Gasteiger partial charge in [0.15, 0.2) is 5.44 Å². The van der Waals surface area contributed by atoms with E-state index in [1.54, 1.807) is 0 Å². The van der Waals surface area contributed by atoms with Crippen LogP contribution in [-0.4, -0.2) is 23.8 Å². The second-order valence-corrected chi connectivity index (χ2v) is 4.96. The van der Waals surface area contributed by atoms with Crippen LogP contribution in [-0.2, 0) is 9.53 Å². The molecule has 1 unspecified atom stereocenters. The lowest BCUT2D eigenvalue weighted by Crippen LogP contribution is -2.15. The number of benzene rings is 1. The van der Waals surface area contributed by atoms with Crippen molar-refractivity contribution in [1.29, 1.82) is 0 Å². The Labute approximate surface area is 99.1 Å². The second kappa shape index (κ2) is 4.78. The standard InChI is InChI=1S/C12H14O3S/c1-8-3-4-10(9(2)5-8)14-6-12-15-11(13)7-16-12/h3-5,12H,6-7H2,1-2H3. The molecule has 4 heteroatoms. The van der Waals surface area contributed by atoms with E-state index in [1.807, 2.05) is 26.0 Å². The highest BCUT2D eigenvalue weighted by Gasteiger charge is 2.24. The number of aryl methyl sites for hydroxylation is 2. The van der Waals surface area contributed by atoms with Gasteiger partial charge < -0.3 is 9.47 Å². The van der Waals surface area contributed by atoms with Gasteiger partial charge in [0.1, 0.15) is 12.4 Å². The third-order valence-electron chi connectivity index (χ3n) is 2.36. The number of hydrogen-bond donors (Lipinski definition) is 0. The number of carbonyl (C=O) groups excluding carboxylic acids is 1. The summed E-state index contributed by atoms with van der Waals surface area (Å²) in [5, 5.41) is 0. The van der Waals surface area contributed by atoms with Crippen molar-refractivity contribution in [2.45, 2.75) is 19.3 Å². The Kier molecular flexibility index (Phi) is 3.39. The van der Waals surface area contributed by atoms with Crippen LogP contribution in [0.25, 0.3) is 0 Å². The van der Waals surface area contributed by atoms with E-state index < -0.39 is 0 Å². The maximum absolute atomic E-state index is 10.9. The lowest BCUT2D eigenvalue weighted by Gasteiger charge is -2.12. The number of thioether (sulfide) groups is 1. The molecular weight excluding hydrogens is 224 g/mol. The number of rotatable bonds is 3. The molecule has 1 heterocycles. The topological polar surface area (TPSA) is 35.5 Å². The SMILES string of the molecule is Cc1ccc(OCC2OC(=O)CS2)c(C)c1. The molecule has 86 valence electrons. The first kappa shape index (κ1) is 11.3. The van der Waals surface area contributed by atoms with E-state index in [9.17, 15) is 4.79 Å². The molecule has 0 radical (unpaired) electrons. The fourth-order valence-electron chi connectivity index (χ4n) is 1.58. The highest BCUT2D eigenvalue weighted by molar-refractivity contribution is 8.00. The van der Waals surface area contributed by atoms with Crippen molar-refractivity contribution >= 4 is 17.7 Å². The van der Waals surface area contributed by atoms with Crippen molar-refractivity contribution in [2.75, 3.05) is 12.4 Å². The van der Waals surface area contributed by atoms with Crippen molar-refractivity contribution in [3.8, 4) is 5.75 Å². The largest absolute Gasteiger partial charge is 0.489 e. The summed E-state index contributed by atoms with van der Waals surface area (Å²) in [7, 11) is 0. The number of esters is 1. The predicted molar refractivity (Wildman–Crippen MR) is 63.7 cm³/mol. The summed E-state index contributed by atoms with van der Waals surface area (Å²) in [5.41, 5.74) is 2.16. The lowest BCUT2D eigenvalue weighted by atomic mass is 10.1. The van der Waals surface area contributed by atoms with E-state index in [0.29, 0.717) is 12.4 Å². The smallest absolute Gasteiger partial charge is 0.317 e. The van der Waals surface area contributed by atoms with Crippen LogP contribution in [0.15, 0.2) is 18.2 Å². The van der Waals surface area contributed by atoms with Gasteiger partial charge in [0.25, 0.3) is 0 Å². The van der Waals surface area contributed by atoms with Gasteiger partial charge in [-0.15, -0.1) is 11.8 Å². The third kappa shape index (κ3) is 2.70. The molecule has 0 bridgehead atoms. The number of ether oxygens (including phenoxy) is 2. The first-order valence-corrected chi connectivity index (χ1v) is 6.21. The van der Waals surface area contributed by atoms with Crippen LogP contribution in [0.4, 0.5) is 0 Å². The Hall–Kier alpha value is -1.16. The van der Waals surface area contributed by atoms with E-state index in [1.165, 1.54) is 17.3 Å². The van der Waals surface area contributed by atoms with Crippen LogP contribution in [0.1, 0.15) is 11.1 Å². The van der Waals surface area contributed by atoms with Crippen molar-refractivity contribution in [3.63, 3.8) is 0 Å². The molecule has 0 spiro atoms. The number of hydrogen-bond acceptors (Lipinski definition) is 4. The number of cyclic esters (lactones) is 1. The molecule has 0 saturated carbocycles. The Morgan fingerprint density at radius 2 is 2.31 bits per heavy atom. The summed E-state index contributed by atoms with van der Waals surface area (Å²) in [6.45, 7) is 4.47. The molecule has 0 aromatic heterocycles. The summed E-state index contributed by atoms with van der Waals surface area (Å²) < 4.78 is 10.7. The van der Waals surface area contributed by atoms with E-state index in [2.05, 4.69) is 6.07 Å². The Morgan fingerprint density at radius 1 is 1.50 bits per heavy atom. The molecule has 1 fully saturated rings. The van der Waals surface area contributed by atoms with Crippen LogP contribution < -0.4 is 4.74 Å². The van der Waals surface area contributed by atoms with Gasteiger partial charge in [-0.05, 0) is 25.5 Å². The van der Waals surface area contributed by atoms with Crippen molar-refractivity contribution < 1.29 is 14.3 Å². The molecule has 1 aliphatic heterocycles. The normalized spacial score (nSPS) is 19.6. The molecule has 1 aromatic carbocycles. The summed E-state index contributed by atoms with van der Waals surface area (Å²) in [6.07, 6.45) is 0. The zero-order chi connectivity index (χ0) is 11.5. The van der Waals surface area contributed by atoms with E-state index in [4.69, 9.17) is 9.47 Å². The van der Waals surface area contributed by atoms with Crippen molar-refractivity contribution in [1.82, 2.24) is 0 Å². The van der Waals surface area contributed by atoms with Crippen LogP contribution in [0.5, 0.6) is 5.75 Å². The monoisotopic (exact) mass is 238 g/mol. The van der Waals surface area contributed by atoms with Gasteiger partial charge in [-0.3, -0.25) is 4.79 Å². The minimum Gasteiger partial charge on any atom is -0.489 e. The van der Waals surface area contributed by atoms with Gasteiger partial charge >= 0.3 is 5.97 Å². The second-order valence-electron chi connectivity index (χ2n) is 3.81.